The van der Waals surface area contributed by atoms with Gasteiger partial charge in [-0.15, -0.1) is 0 Å². The summed E-state index contributed by atoms with van der Waals surface area (Å²) in [5.74, 6) is -1.65. The van der Waals surface area contributed by atoms with E-state index in [0.29, 0.717) is 30.1 Å². The lowest BCUT2D eigenvalue weighted by molar-refractivity contribution is 0.285. The first-order valence-corrected chi connectivity index (χ1v) is 13.4. The van der Waals surface area contributed by atoms with E-state index in [0.717, 1.165) is 36.8 Å². The second-order valence-corrected chi connectivity index (χ2v) is 9.30. The average molecular weight is 535 g/mol. The Balaban J connectivity index is 1.38. The third-order valence-corrected chi connectivity index (χ3v) is 6.35. The molecular formula is C33H33F3O3. The summed E-state index contributed by atoms with van der Waals surface area (Å²) < 4.78 is 60.8. The lowest BCUT2D eigenvalue weighted by Gasteiger charge is -2.12. The zero-order valence-electron chi connectivity index (χ0n) is 22.3. The fraction of sp³-hybridized carbons (Fsp3) is 0.273. The molecule has 0 heterocycles. The summed E-state index contributed by atoms with van der Waals surface area (Å²) in [6, 6.07) is 22.0. The van der Waals surface area contributed by atoms with Crippen LogP contribution in [0.5, 0.6) is 17.2 Å². The van der Waals surface area contributed by atoms with E-state index in [2.05, 4.69) is 6.92 Å². The molecule has 0 saturated carbocycles. The molecule has 0 aliphatic rings. The monoisotopic (exact) mass is 534 g/mol. The lowest BCUT2D eigenvalue weighted by Crippen LogP contribution is -2.00. The summed E-state index contributed by atoms with van der Waals surface area (Å²) in [7, 11) is 0. The minimum atomic E-state index is -1.04. The van der Waals surface area contributed by atoms with Gasteiger partial charge in [-0.1, -0.05) is 69.2 Å². The highest BCUT2D eigenvalue weighted by molar-refractivity contribution is 5.66. The molecule has 3 nitrogen and oxygen atoms in total. The predicted molar refractivity (Wildman–Crippen MR) is 149 cm³/mol. The smallest absolute Gasteiger partial charge is 0.201 e. The molecule has 0 aliphatic carbocycles. The van der Waals surface area contributed by atoms with E-state index in [1.54, 1.807) is 30.3 Å². The quantitative estimate of drug-likeness (QED) is 0.160. The Hall–Kier alpha value is -3.93. The van der Waals surface area contributed by atoms with Gasteiger partial charge in [0.05, 0.1) is 13.2 Å². The van der Waals surface area contributed by atoms with E-state index in [1.165, 1.54) is 18.2 Å². The van der Waals surface area contributed by atoms with Crippen molar-refractivity contribution >= 4 is 0 Å². The van der Waals surface area contributed by atoms with Crippen LogP contribution in [0.15, 0.2) is 78.9 Å². The lowest BCUT2D eigenvalue weighted by atomic mass is 10.0. The Bertz CT molecular complexity index is 1350. The maximum atomic E-state index is 14.9. The Kier molecular flexibility index (Phi) is 9.90. The first kappa shape index (κ1) is 28.1. The van der Waals surface area contributed by atoms with E-state index in [9.17, 15) is 13.2 Å². The van der Waals surface area contributed by atoms with Crippen LogP contribution in [0.3, 0.4) is 0 Å². The molecule has 0 bridgehead atoms. The van der Waals surface area contributed by atoms with Crippen LogP contribution in [0.4, 0.5) is 13.2 Å². The van der Waals surface area contributed by atoms with Gasteiger partial charge in [0.15, 0.2) is 23.1 Å². The molecule has 4 aromatic rings. The number of hydrogen-bond acceptors (Lipinski definition) is 3. The maximum absolute atomic E-state index is 14.9. The standard InChI is InChI=1S/C33H33F3O3/c1-3-5-19-37-27-14-11-25(12-15-27)28-16-18-31(33(36)32(28)35)39-22-23-7-9-24(10-8-23)26-13-17-30(29(34)21-26)38-20-6-4-2/h7-18,21H,3-6,19-20,22H2,1-2H3. The topological polar surface area (TPSA) is 27.7 Å². The fourth-order valence-corrected chi connectivity index (χ4v) is 4.01. The molecule has 0 aliphatic heterocycles. The van der Waals surface area contributed by atoms with Crippen LogP contribution in [-0.4, -0.2) is 13.2 Å². The minimum absolute atomic E-state index is 0.0539. The molecular weight excluding hydrogens is 501 g/mol. The van der Waals surface area contributed by atoms with Gasteiger partial charge >= 0.3 is 0 Å². The highest BCUT2D eigenvalue weighted by atomic mass is 19.2. The van der Waals surface area contributed by atoms with Crippen molar-refractivity contribution in [2.24, 2.45) is 0 Å². The average Bonchev–Trinajstić information content (AvgIpc) is 2.96. The Morgan fingerprint density at radius 1 is 0.564 bits per heavy atom. The number of rotatable bonds is 13. The number of halogens is 3. The minimum Gasteiger partial charge on any atom is -0.494 e. The summed E-state index contributed by atoms with van der Waals surface area (Å²) >= 11 is 0. The van der Waals surface area contributed by atoms with Crippen LogP contribution in [0.2, 0.25) is 0 Å². The Morgan fingerprint density at radius 3 is 1.85 bits per heavy atom. The van der Waals surface area contributed by atoms with Crippen LogP contribution in [0.25, 0.3) is 22.3 Å². The van der Waals surface area contributed by atoms with Crippen molar-refractivity contribution in [3.63, 3.8) is 0 Å². The van der Waals surface area contributed by atoms with Crippen molar-refractivity contribution in [2.45, 2.75) is 46.1 Å². The summed E-state index contributed by atoms with van der Waals surface area (Å²) in [6.45, 7) is 5.29. The molecule has 0 radical (unpaired) electrons. The van der Waals surface area contributed by atoms with Crippen LogP contribution in [0.1, 0.15) is 45.1 Å². The van der Waals surface area contributed by atoms with Gasteiger partial charge in [-0.25, -0.2) is 8.78 Å². The van der Waals surface area contributed by atoms with Crippen LogP contribution < -0.4 is 14.2 Å². The van der Waals surface area contributed by atoms with Gasteiger partial charge in [0.2, 0.25) is 5.82 Å². The molecule has 204 valence electrons. The summed E-state index contributed by atoms with van der Waals surface area (Å²) in [5.41, 5.74) is 3.00. The van der Waals surface area contributed by atoms with E-state index in [1.807, 2.05) is 37.3 Å². The first-order chi connectivity index (χ1) is 19.0. The van der Waals surface area contributed by atoms with Gasteiger partial charge in [-0.05, 0) is 71.5 Å². The molecule has 0 spiro atoms. The second kappa shape index (κ2) is 13.7. The number of ether oxygens (including phenoxy) is 3. The van der Waals surface area contributed by atoms with Crippen molar-refractivity contribution in [1.82, 2.24) is 0 Å². The molecule has 0 amide bonds. The van der Waals surface area contributed by atoms with Crippen molar-refractivity contribution < 1.29 is 27.4 Å². The zero-order valence-corrected chi connectivity index (χ0v) is 22.3. The predicted octanol–water partition coefficient (Wildman–Crippen LogP) is 9.37. The van der Waals surface area contributed by atoms with Gasteiger partial charge in [-0.3, -0.25) is 0 Å². The van der Waals surface area contributed by atoms with Crippen LogP contribution in [0, 0.1) is 17.5 Å². The molecule has 0 saturated heterocycles. The fourth-order valence-electron chi connectivity index (χ4n) is 4.01. The van der Waals surface area contributed by atoms with E-state index in [-0.39, 0.29) is 23.7 Å². The van der Waals surface area contributed by atoms with Crippen LogP contribution >= 0.6 is 0 Å². The normalized spacial score (nSPS) is 10.9. The van der Waals surface area contributed by atoms with Crippen molar-refractivity contribution in [1.29, 1.82) is 0 Å². The summed E-state index contributed by atoms with van der Waals surface area (Å²) in [5, 5.41) is 0. The van der Waals surface area contributed by atoms with Crippen molar-refractivity contribution in [2.75, 3.05) is 13.2 Å². The molecule has 0 N–H and O–H groups in total. The molecule has 4 aromatic carbocycles. The van der Waals surface area contributed by atoms with E-state index < -0.39 is 17.5 Å². The molecule has 6 heteroatoms. The number of unbranched alkanes of at least 4 members (excludes halogenated alkanes) is 2. The molecule has 0 unspecified atom stereocenters. The Morgan fingerprint density at radius 2 is 1.18 bits per heavy atom. The van der Waals surface area contributed by atoms with Gasteiger partial charge in [0, 0.05) is 5.56 Å². The molecule has 4 rings (SSSR count). The molecule has 39 heavy (non-hydrogen) atoms. The molecule has 0 fully saturated rings. The second-order valence-electron chi connectivity index (χ2n) is 9.30. The van der Waals surface area contributed by atoms with Crippen molar-refractivity contribution in [3.8, 4) is 39.5 Å². The largest absolute Gasteiger partial charge is 0.494 e. The third kappa shape index (κ3) is 7.34. The SMILES string of the molecule is CCCCOc1ccc(-c2ccc(OCc3ccc(-c4ccc(OCCCC)c(F)c4)cc3)c(F)c2F)cc1. The van der Waals surface area contributed by atoms with Gasteiger partial charge in [-0.2, -0.15) is 4.39 Å². The number of hydrogen-bond donors (Lipinski definition) is 0. The summed E-state index contributed by atoms with van der Waals surface area (Å²) in [6.07, 6.45) is 3.84. The zero-order chi connectivity index (χ0) is 27.6. The van der Waals surface area contributed by atoms with E-state index in [4.69, 9.17) is 14.2 Å². The highest BCUT2D eigenvalue weighted by Gasteiger charge is 2.16. The highest BCUT2D eigenvalue weighted by Crippen LogP contribution is 2.32. The van der Waals surface area contributed by atoms with Gasteiger partial charge in [0.1, 0.15) is 12.4 Å². The first-order valence-electron chi connectivity index (χ1n) is 13.4. The molecule has 0 aromatic heterocycles. The van der Waals surface area contributed by atoms with Gasteiger partial charge < -0.3 is 14.2 Å². The van der Waals surface area contributed by atoms with Crippen LogP contribution in [-0.2, 0) is 6.61 Å². The van der Waals surface area contributed by atoms with Crippen molar-refractivity contribution in [3.05, 3.63) is 102 Å². The van der Waals surface area contributed by atoms with E-state index >= 15 is 0 Å². The Labute approximate surface area is 228 Å². The summed E-state index contributed by atoms with van der Waals surface area (Å²) in [4.78, 5) is 0. The third-order valence-electron chi connectivity index (χ3n) is 6.35. The number of benzene rings is 4. The maximum Gasteiger partial charge on any atom is 0.201 e. The van der Waals surface area contributed by atoms with Gasteiger partial charge in [0.25, 0.3) is 0 Å². The molecule has 0 atom stereocenters.